The van der Waals surface area contributed by atoms with Gasteiger partial charge in [-0.3, -0.25) is 14.9 Å². The fraction of sp³-hybridized carbons (Fsp3) is 0.100. The molecule has 1 heterocycles. The fourth-order valence-electron chi connectivity index (χ4n) is 2.86. The molecule has 0 fully saturated rings. The molecule has 3 rings (SSSR count). The zero-order valence-electron chi connectivity index (χ0n) is 14.4. The quantitative estimate of drug-likeness (QED) is 0.298. The van der Waals surface area contributed by atoms with Gasteiger partial charge in [0.15, 0.2) is 5.78 Å². The van der Waals surface area contributed by atoms with Gasteiger partial charge in [-0.05, 0) is 44.2 Å². The first-order valence-corrected chi connectivity index (χ1v) is 8.06. The predicted molar refractivity (Wildman–Crippen MR) is 99.5 cm³/mol. The van der Waals surface area contributed by atoms with Crippen molar-refractivity contribution in [2.24, 2.45) is 0 Å². The second kappa shape index (κ2) is 7.14. The largest absolute Gasteiger partial charge is 0.289 e. The van der Waals surface area contributed by atoms with E-state index in [2.05, 4.69) is 5.10 Å². The van der Waals surface area contributed by atoms with Crippen molar-refractivity contribution in [3.8, 4) is 5.69 Å². The molecule has 0 saturated heterocycles. The molecule has 0 saturated carbocycles. The number of carbonyl (C=O) groups is 1. The van der Waals surface area contributed by atoms with Crippen LogP contribution in [0.25, 0.3) is 11.8 Å². The molecule has 0 unspecified atom stereocenters. The maximum Gasteiger partial charge on any atom is 0.276 e. The van der Waals surface area contributed by atoms with Crippen molar-refractivity contribution in [2.75, 3.05) is 0 Å². The summed E-state index contributed by atoms with van der Waals surface area (Å²) in [5.41, 5.74) is 3.06. The van der Waals surface area contributed by atoms with E-state index in [0.717, 1.165) is 11.4 Å². The third-order valence-electron chi connectivity index (χ3n) is 4.09. The number of allylic oxidation sites excluding steroid dienone is 1. The number of ketones is 1. The van der Waals surface area contributed by atoms with Gasteiger partial charge in [-0.2, -0.15) is 5.10 Å². The Balaban J connectivity index is 1.95. The number of benzene rings is 2. The first-order valence-electron chi connectivity index (χ1n) is 8.06. The van der Waals surface area contributed by atoms with Gasteiger partial charge in [-0.25, -0.2) is 4.68 Å². The molecular formula is C20H17N3O3. The van der Waals surface area contributed by atoms with Crippen LogP contribution in [0.1, 0.15) is 27.3 Å². The third kappa shape index (κ3) is 3.30. The molecule has 1 aromatic heterocycles. The van der Waals surface area contributed by atoms with Crippen LogP contribution in [0, 0.1) is 24.0 Å². The van der Waals surface area contributed by atoms with Gasteiger partial charge in [0, 0.05) is 6.07 Å². The first-order chi connectivity index (χ1) is 12.5. The average molecular weight is 347 g/mol. The fourth-order valence-corrected chi connectivity index (χ4v) is 2.86. The van der Waals surface area contributed by atoms with E-state index in [4.69, 9.17) is 0 Å². The molecular weight excluding hydrogens is 330 g/mol. The Morgan fingerprint density at radius 3 is 2.42 bits per heavy atom. The number of hydrogen-bond donors (Lipinski definition) is 0. The second-order valence-electron chi connectivity index (χ2n) is 5.81. The number of aromatic nitrogens is 2. The SMILES string of the molecule is Cc1nn(-c2ccccc2)c(C)c1C(=O)/C=C\c1ccccc1[N+](=O)[O-]. The maximum atomic E-state index is 12.7. The van der Waals surface area contributed by atoms with E-state index in [1.165, 1.54) is 18.2 Å². The molecule has 6 nitrogen and oxygen atoms in total. The molecule has 2 aromatic carbocycles. The van der Waals surface area contributed by atoms with Crippen molar-refractivity contribution in [3.05, 3.63) is 93.3 Å². The Labute approximate surface area is 150 Å². The lowest BCUT2D eigenvalue weighted by Gasteiger charge is -2.04. The molecule has 0 bridgehead atoms. The molecule has 3 aromatic rings. The van der Waals surface area contributed by atoms with Gasteiger partial charge in [0.1, 0.15) is 0 Å². The summed E-state index contributed by atoms with van der Waals surface area (Å²) in [6.45, 7) is 3.61. The predicted octanol–water partition coefficient (Wildman–Crippen LogP) is 4.29. The van der Waals surface area contributed by atoms with Crippen molar-refractivity contribution in [1.82, 2.24) is 9.78 Å². The summed E-state index contributed by atoms with van der Waals surface area (Å²) in [5, 5.41) is 15.5. The minimum Gasteiger partial charge on any atom is -0.289 e. The average Bonchev–Trinajstić information content (AvgIpc) is 2.95. The summed E-state index contributed by atoms with van der Waals surface area (Å²) in [6, 6.07) is 15.9. The van der Waals surface area contributed by atoms with Crippen LogP contribution in [0.3, 0.4) is 0 Å². The highest BCUT2D eigenvalue weighted by molar-refractivity contribution is 6.08. The summed E-state index contributed by atoms with van der Waals surface area (Å²) in [6.07, 6.45) is 2.83. The van der Waals surface area contributed by atoms with Crippen molar-refractivity contribution in [1.29, 1.82) is 0 Å². The maximum absolute atomic E-state index is 12.7. The van der Waals surface area contributed by atoms with Gasteiger partial charge in [0.2, 0.25) is 0 Å². The van der Waals surface area contributed by atoms with Crippen LogP contribution >= 0.6 is 0 Å². The van der Waals surface area contributed by atoms with E-state index in [1.807, 2.05) is 37.3 Å². The number of nitro groups is 1. The van der Waals surface area contributed by atoms with Crippen molar-refractivity contribution < 1.29 is 9.72 Å². The highest BCUT2D eigenvalue weighted by Gasteiger charge is 2.18. The molecule has 0 radical (unpaired) electrons. The molecule has 130 valence electrons. The molecule has 0 aliphatic heterocycles. The Bertz CT molecular complexity index is 1000. The van der Waals surface area contributed by atoms with Crippen molar-refractivity contribution in [2.45, 2.75) is 13.8 Å². The lowest BCUT2D eigenvalue weighted by atomic mass is 10.1. The Kier molecular flexibility index (Phi) is 4.75. The molecule has 6 heteroatoms. The standard InChI is InChI=1S/C20H17N3O3/c1-14-20(15(2)22(21-14)17-9-4-3-5-10-17)19(24)13-12-16-8-6-7-11-18(16)23(25)26/h3-13H,1-2H3/b13-12-. The molecule has 0 atom stereocenters. The number of para-hydroxylation sites is 2. The molecule has 0 aliphatic carbocycles. The van der Waals surface area contributed by atoms with Gasteiger partial charge in [-0.15, -0.1) is 0 Å². The summed E-state index contributed by atoms with van der Waals surface area (Å²) in [5.74, 6) is -0.236. The Morgan fingerprint density at radius 1 is 1.08 bits per heavy atom. The molecule has 0 aliphatic rings. The Hall–Kier alpha value is -3.54. The van der Waals surface area contributed by atoms with Crippen LogP contribution in [0.2, 0.25) is 0 Å². The topological polar surface area (TPSA) is 78.0 Å². The lowest BCUT2D eigenvalue weighted by Crippen LogP contribution is -2.01. The molecule has 0 amide bonds. The van der Waals surface area contributed by atoms with Crippen molar-refractivity contribution in [3.63, 3.8) is 0 Å². The van der Waals surface area contributed by atoms with E-state index in [-0.39, 0.29) is 11.5 Å². The van der Waals surface area contributed by atoms with Crippen LogP contribution in [0.4, 0.5) is 5.69 Å². The normalized spacial score (nSPS) is 11.0. The zero-order chi connectivity index (χ0) is 18.7. The lowest BCUT2D eigenvalue weighted by molar-refractivity contribution is -0.385. The third-order valence-corrected chi connectivity index (χ3v) is 4.09. The number of carbonyl (C=O) groups excluding carboxylic acids is 1. The van der Waals surface area contributed by atoms with E-state index in [0.29, 0.717) is 16.8 Å². The second-order valence-corrected chi connectivity index (χ2v) is 5.81. The summed E-state index contributed by atoms with van der Waals surface area (Å²) in [4.78, 5) is 23.3. The van der Waals surface area contributed by atoms with Crippen LogP contribution < -0.4 is 0 Å². The van der Waals surface area contributed by atoms with E-state index in [9.17, 15) is 14.9 Å². The van der Waals surface area contributed by atoms with Crippen LogP contribution in [-0.4, -0.2) is 20.5 Å². The van der Waals surface area contributed by atoms with Gasteiger partial charge in [0.05, 0.1) is 33.1 Å². The highest BCUT2D eigenvalue weighted by atomic mass is 16.6. The molecule has 0 spiro atoms. The highest BCUT2D eigenvalue weighted by Crippen LogP contribution is 2.21. The molecule has 26 heavy (non-hydrogen) atoms. The van der Waals surface area contributed by atoms with Crippen LogP contribution in [-0.2, 0) is 0 Å². The number of nitro benzene ring substituents is 1. The van der Waals surface area contributed by atoms with Crippen LogP contribution in [0.15, 0.2) is 60.7 Å². The van der Waals surface area contributed by atoms with Crippen LogP contribution in [0.5, 0.6) is 0 Å². The first kappa shape index (κ1) is 17.3. The number of aryl methyl sites for hydroxylation is 1. The minimum atomic E-state index is -0.464. The van der Waals surface area contributed by atoms with Gasteiger partial charge in [-0.1, -0.05) is 30.3 Å². The van der Waals surface area contributed by atoms with E-state index >= 15 is 0 Å². The zero-order valence-corrected chi connectivity index (χ0v) is 14.4. The van der Waals surface area contributed by atoms with Gasteiger partial charge >= 0.3 is 0 Å². The van der Waals surface area contributed by atoms with Gasteiger partial charge < -0.3 is 0 Å². The Morgan fingerprint density at radius 2 is 1.73 bits per heavy atom. The summed E-state index contributed by atoms with van der Waals surface area (Å²) >= 11 is 0. The number of rotatable bonds is 5. The van der Waals surface area contributed by atoms with Gasteiger partial charge in [0.25, 0.3) is 5.69 Å². The van der Waals surface area contributed by atoms with E-state index in [1.54, 1.807) is 29.8 Å². The minimum absolute atomic E-state index is 0.0371. The van der Waals surface area contributed by atoms with Crippen molar-refractivity contribution >= 4 is 17.5 Å². The molecule has 0 N–H and O–H groups in total. The smallest absolute Gasteiger partial charge is 0.276 e. The monoisotopic (exact) mass is 347 g/mol. The number of hydrogen-bond acceptors (Lipinski definition) is 4. The number of nitrogens with zero attached hydrogens (tertiary/aromatic N) is 3. The van der Waals surface area contributed by atoms with E-state index < -0.39 is 4.92 Å². The summed E-state index contributed by atoms with van der Waals surface area (Å²) < 4.78 is 1.72. The summed E-state index contributed by atoms with van der Waals surface area (Å²) in [7, 11) is 0.